The first-order chi connectivity index (χ1) is 8.34. The molecule has 1 aliphatic rings. The first-order valence-electron chi connectivity index (χ1n) is 6.43. The Labute approximate surface area is 104 Å². The van der Waals surface area contributed by atoms with Crippen LogP contribution in [0.5, 0.6) is 0 Å². The molecule has 1 N–H and O–H groups in total. The minimum atomic E-state index is 0.616. The molecule has 0 aromatic rings. The van der Waals surface area contributed by atoms with E-state index >= 15 is 0 Å². The molecule has 0 saturated carbocycles. The zero-order chi connectivity index (χ0) is 12.3. The van der Waals surface area contributed by atoms with E-state index in [0.29, 0.717) is 32.5 Å². The van der Waals surface area contributed by atoms with E-state index in [9.17, 15) is 0 Å². The van der Waals surface area contributed by atoms with Crippen LogP contribution in [0.4, 0.5) is 0 Å². The van der Waals surface area contributed by atoms with E-state index in [2.05, 4.69) is 17.1 Å². The summed E-state index contributed by atoms with van der Waals surface area (Å²) in [7, 11) is 1.68. The highest BCUT2D eigenvalue weighted by Crippen LogP contribution is 2.01. The SMILES string of the molecule is COCCOCCOCCN1CCNCC1C. The number of rotatable bonds is 9. The van der Waals surface area contributed by atoms with E-state index in [0.717, 1.165) is 32.8 Å². The quantitative estimate of drug-likeness (QED) is 0.578. The molecule has 1 rings (SSSR count). The molecule has 5 heteroatoms. The molecule has 1 unspecified atom stereocenters. The summed E-state index contributed by atoms with van der Waals surface area (Å²) in [6.45, 7) is 9.97. The Morgan fingerprint density at radius 1 is 1.12 bits per heavy atom. The predicted molar refractivity (Wildman–Crippen MR) is 67.4 cm³/mol. The van der Waals surface area contributed by atoms with Crippen molar-refractivity contribution in [2.75, 3.05) is 66.3 Å². The Bertz CT molecular complexity index is 181. The minimum Gasteiger partial charge on any atom is -0.382 e. The summed E-state index contributed by atoms with van der Waals surface area (Å²) in [6, 6.07) is 0.616. The Balaban J connectivity index is 1.86. The molecule has 0 bridgehead atoms. The van der Waals surface area contributed by atoms with Gasteiger partial charge in [-0.1, -0.05) is 0 Å². The van der Waals surface area contributed by atoms with Gasteiger partial charge in [-0.3, -0.25) is 4.90 Å². The summed E-state index contributed by atoms with van der Waals surface area (Å²) in [4.78, 5) is 2.46. The van der Waals surface area contributed by atoms with Crippen LogP contribution in [0.15, 0.2) is 0 Å². The Hall–Kier alpha value is -0.200. The molecule has 1 heterocycles. The minimum absolute atomic E-state index is 0.616. The zero-order valence-corrected chi connectivity index (χ0v) is 11.1. The first-order valence-corrected chi connectivity index (χ1v) is 6.43. The molecular formula is C12H26N2O3. The lowest BCUT2D eigenvalue weighted by atomic mass is 10.2. The van der Waals surface area contributed by atoms with Crippen molar-refractivity contribution in [3.63, 3.8) is 0 Å². The standard InChI is InChI=1S/C12H26N2O3/c1-12-11-13-3-4-14(12)5-6-16-9-10-17-8-7-15-2/h12-13H,3-11H2,1-2H3. The molecule has 102 valence electrons. The first kappa shape index (κ1) is 14.9. The third kappa shape index (κ3) is 6.95. The number of piperazine rings is 1. The molecule has 0 amide bonds. The normalized spacial score (nSPS) is 21.9. The summed E-state index contributed by atoms with van der Waals surface area (Å²) >= 11 is 0. The van der Waals surface area contributed by atoms with E-state index in [4.69, 9.17) is 14.2 Å². The molecule has 0 aromatic heterocycles. The largest absolute Gasteiger partial charge is 0.382 e. The maximum absolute atomic E-state index is 5.54. The topological polar surface area (TPSA) is 43.0 Å². The maximum atomic E-state index is 5.54. The van der Waals surface area contributed by atoms with Crippen molar-refractivity contribution >= 4 is 0 Å². The monoisotopic (exact) mass is 246 g/mol. The Morgan fingerprint density at radius 2 is 1.82 bits per heavy atom. The van der Waals surface area contributed by atoms with Gasteiger partial charge in [0.2, 0.25) is 0 Å². The molecule has 0 aliphatic carbocycles. The number of nitrogens with one attached hydrogen (secondary N) is 1. The average molecular weight is 246 g/mol. The summed E-state index contributed by atoms with van der Waals surface area (Å²) in [5.74, 6) is 0. The van der Waals surface area contributed by atoms with Gasteiger partial charge in [-0.05, 0) is 6.92 Å². The van der Waals surface area contributed by atoms with Crippen molar-refractivity contribution in [1.82, 2.24) is 10.2 Å². The van der Waals surface area contributed by atoms with Gasteiger partial charge in [0.1, 0.15) is 0 Å². The highest BCUT2D eigenvalue weighted by molar-refractivity contribution is 4.75. The van der Waals surface area contributed by atoms with Gasteiger partial charge < -0.3 is 19.5 Å². The smallest absolute Gasteiger partial charge is 0.0701 e. The van der Waals surface area contributed by atoms with Crippen LogP contribution >= 0.6 is 0 Å². The second-order valence-electron chi connectivity index (χ2n) is 4.31. The van der Waals surface area contributed by atoms with Crippen LogP contribution in [-0.2, 0) is 14.2 Å². The van der Waals surface area contributed by atoms with Gasteiger partial charge >= 0.3 is 0 Å². The van der Waals surface area contributed by atoms with Crippen LogP contribution in [0, 0.1) is 0 Å². The molecular weight excluding hydrogens is 220 g/mol. The lowest BCUT2D eigenvalue weighted by Gasteiger charge is -2.33. The fourth-order valence-electron chi connectivity index (χ4n) is 1.86. The third-order valence-corrected chi connectivity index (χ3v) is 2.97. The maximum Gasteiger partial charge on any atom is 0.0701 e. The lowest BCUT2D eigenvalue weighted by molar-refractivity contribution is 0.0156. The fraction of sp³-hybridized carbons (Fsp3) is 1.00. The van der Waals surface area contributed by atoms with Crippen molar-refractivity contribution in [2.45, 2.75) is 13.0 Å². The summed E-state index contributed by atoms with van der Waals surface area (Å²) in [6.07, 6.45) is 0. The molecule has 1 fully saturated rings. The average Bonchev–Trinajstić information content (AvgIpc) is 2.35. The molecule has 0 aromatic carbocycles. The second-order valence-corrected chi connectivity index (χ2v) is 4.31. The molecule has 0 spiro atoms. The number of hydrogen-bond donors (Lipinski definition) is 1. The number of hydrogen-bond acceptors (Lipinski definition) is 5. The highest BCUT2D eigenvalue weighted by Gasteiger charge is 2.16. The second kappa shape index (κ2) is 9.79. The summed E-state index contributed by atoms with van der Waals surface area (Å²) in [5.41, 5.74) is 0. The number of ether oxygens (including phenoxy) is 3. The van der Waals surface area contributed by atoms with E-state index in [1.165, 1.54) is 0 Å². The van der Waals surface area contributed by atoms with Crippen LogP contribution in [0.25, 0.3) is 0 Å². The van der Waals surface area contributed by atoms with Crippen molar-refractivity contribution in [3.05, 3.63) is 0 Å². The van der Waals surface area contributed by atoms with Crippen LogP contribution in [0.3, 0.4) is 0 Å². The lowest BCUT2D eigenvalue weighted by Crippen LogP contribution is -2.50. The summed E-state index contributed by atoms with van der Waals surface area (Å²) < 4.78 is 15.7. The van der Waals surface area contributed by atoms with Gasteiger partial charge in [0.25, 0.3) is 0 Å². The molecule has 17 heavy (non-hydrogen) atoms. The molecule has 1 atom stereocenters. The van der Waals surface area contributed by atoms with E-state index in [-0.39, 0.29) is 0 Å². The predicted octanol–water partition coefficient (Wildman–Crippen LogP) is -0.0403. The van der Waals surface area contributed by atoms with Gasteiger partial charge in [-0.25, -0.2) is 0 Å². The Morgan fingerprint density at radius 3 is 2.53 bits per heavy atom. The van der Waals surface area contributed by atoms with Crippen molar-refractivity contribution in [3.8, 4) is 0 Å². The number of methoxy groups -OCH3 is 1. The van der Waals surface area contributed by atoms with Crippen molar-refractivity contribution < 1.29 is 14.2 Å². The zero-order valence-electron chi connectivity index (χ0n) is 11.1. The van der Waals surface area contributed by atoms with Crippen LogP contribution < -0.4 is 5.32 Å². The van der Waals surface area contributed by atoms with E-state index in [1.807, 2.05) is 0 Å². The molecule has 0 radical (unpaired) electrons. The van der Waals surface area contributed by atoms with Gasteiger partial charge in [0, 0.05) is 39.3 Å². The van der Waals surface area contributed by atoms with E-state index < -0.39 is 0 Å². The van der Waals surface area contributed by atoms with Gasteiger partial charge in [0.05, 0.1) is 33.0 Å². The van der Waals surface area contributed by atoms with E-state index in [1.54, 1.807) is 7.11 Å². The summed E-state index contributed by atoms with van der Waals surface area (Å²) in [5, 5.41) is 3.38. The highest BCUT2D eigenvalue weighted by atomic mass is 16.5. The van der Waals surface area contributed by atoms with Crippen molar-refractivity contribution in [1.29, 1.82) is 0 Å². The van der Waals surface area contributed by atoms with Gasteiger partial charge in [0.15, 0.2) is 0 Å². The molecule has 1 saturated heterocycles. The fourth-order valence-corrected chi connectivity index (χ4v) is 1.86. The number of nitrogens with zero attached hydrogens (tertiary/aromatic N) is 1. The molecule has 5 nitrogen and oxygen atoms in total. The molecule has 1 aliphatic heterocycles. The van der Waals surface area contributed by atoms with Gasteiger partial charge in [-0.2, -0.15) is 0 Å². The van der Waals surface area contributed by atoms with Crippen LogP contribution in [-0.4, -0.2) is 77.3 Å². The van der Waals surface area contributed by atoms with Crippen LogP contribution in [0.1, 0.15) is 6.92 Å². The van der Waals surface area contributed by atoms with Crippen LogP contribution in [0.2, 0.25) is 0 Å². The van der Waals surface area contributed by atoms with Gasteiger partial charge in [-0.15, -0.1) is 0 Å². The third-order valence-electron chi connectivity index (χ3n) is 2.97. The van der Waals surface area contributed by atoms with Crippen molar-refractivity contribution in [2.24, 2.45) is 0 Å². The Kier molecular flexibility index (Phi) is 8.56.